The molecule has 0 aromatic carbocycles. The van der Waals surface area contributed by atoms with E-state index >= 15 is 0 Å². The summed E-state index contributed by atoms with van der Waals surface area (Å²) in [7, 11) is 2.65. The lowest BCUT2D eigenvalue weighted by atomic mass is 9.96. The van der Waals surface area contributed by atoms with E-state index in [4.69, 9.17) is 9.47 Å². The molecule has 1 saturated heterocycles. The molecular formula is C16H20N4O4. The van der Waals surface area contributed by atoms with Gasteiger partial charge in [-0.1, -0.05) is 6.92 Å². The monoisotopic (exact) mass is 332 g/mol. The van der Waals surface area contributed by atoms with Crippen LogP contribution in [0.25, 0.3) is 11.0 Å². The maximum absolute atomic E-state index is 12.1. The van der Waals surface area contributed by atoms with Crippen LogP contribution < -0.4 is 4.90 Å². The van der Waals surface area contributed by atoms with Crippen LogP contribution in [0.4, 0.5) is 5.82 Å². The van der Waals surface area contributed by atoms with Gasteiger partial charge in [0.2, 0.25) is 0 Å². The highest BCUT2D eigenvalue weighted by molar-refractivity contribution is 5.92. The van der Waals surface area contributed by atoms with E-state index in [-0.39, 0.29) is 0 Å². The van der Waals surface area contributed by atoms with Crippen molar-refractivity contribution >= 4 is 28.8 Å². The maximum Gasteiger partial charge on any atom is 0.311 e. The topological polar surface area (TPSA) is 97.4 Å². The molecule has 1 fully saturated rings. The molecule has 0 saturated carbocycles. The van der Waals surface area contributed by atoms with Crippen LogP contribution in [-0.2, 0) is 25.5 Å². The van der Waals surface area contributed by atoms with Crippen molar-refractivity contribution in [3.05, 3.63) is 18.1 Å². The molecule has 2 aromatic heterocycles. The minimum atomic E-state index is -0.573. The fraction of sp³-hybridized carbons (Fsp3) is 0.500. The average Bonchev–Trinajstić information content (AvgIpc) is 3.24. The van der Waals surface area contributed by atoms with Crippen molar-refractivity contribution in [3.63, 3.8) is 0 Å². The molecule has 0 amide bonds. The summed E-state index contributed by atoms with van der Waals surface area (Å²) in [5.74, 6) is -1.25. The van der Waals surface area contributed by atoms with Gasteiger partial charge >= 0.3 is 11.9 Å². The second kappa shape index (κ2) is 6.46. The van der Waals surface area contributed by atoms with Crippen molar-refractivity contribution in [1.82, 2.24) is 15.0 Å². The summed E-state index contributed by atoms with van der Waals surface area (Å²) in [5, 5.41) is 0.925. The normalized spacial score (nSPS) is 20.4. The molecule has 2 atom stereocenters. The summed E-state index contributed by atoms with van der Waals surface area (Å²) in [4.78, 5) is 37.8. The summed E-state index contributed by atoms with van der Waals surface area (Å²) in [6.07, 6.45) is 4.22. The quantitative estimate of drug-likeness (QED) is 0.831. The number of methoxy groups -OCH3 is 2. The number of aryl methyl sites for hydroxylation is 1. The van der Waals surface area contributed by atoms with Gasteiger partial charge in [0, 0.05) is 19.3 Å². The molecule has 1 aliphatic heterocycles. The van der Waals surface area contributed by atoms with E-state index in [0.29, 0.717) is 13.1 Å². The van der Waals surface area contributed by atoms with Crippen LogP contribution in [0.5, 0.6) is 0 Å². The number of anilines is 1. The Hall–Kier alpha value is -2.64. The molecule has 24 heavy (non-hydrogen) atoms. The first kappa shape index (κ1) is 16.2. The number of aromatic nitrogens is 3. The summed E-state index contributed by atoms with van der Waals surface area (Å²) in [6.45, 7) is 2.76. The molecule has 2 aromatic rings. The second-order valence-corrected chi connectivity index (χ2v) is 5.75. The molecule has 1 aliphatic rings. The number of carbonyl (C=O) groups is 2. The molecule has 0 aliphatic carbocycles. The van der Waals surface area contributed by atoms with E-state index < -0.39 is 23.8 Å². The lowest BCUT2D eigenvalue weighted by Gasteiger charge is -2.18. The molecule has 3 rings (SSSR count). The Morgan fingerprint density at radius 3 is 2.38 bits per heavy atom. The predicted octanol–water partition coefficient (Wildman–Crippen LogP) is 0.919. The minimum absolute atomic E-state index is 0.354. The molecule has 1 N–H and O–H groups in total. The van der Waals surface area contributed by atoms with E-state index in [1.165, 1.54) is 20.5 Å². The first-order valence-electron chi connectivity index (χ1n) is 7.82. The highest BCUT2D eigenvalue weighted by Crippen LogP contribution is 2.33. The molecule has 0 radical (unpaired) electrons. The van der Waals surface area contributed by atoms with Gasteiger partial charge < -0.3 is 19.4 Å². The lowest BCUT2D eigenvalue weighted by Crippen LogP contribution is -2.30. The van der Waals surface area contributed by atoms with Gasteiger partial charge in [0.1, 0.15) is 17.8 Å². The molecule has 3 heterocycles. The first-order chi connectivity index (χ1) is 11.6. The van der Waals surface area contributed by atoms with Gasteiger partial charge in [-0.2, -0.15) is 0 Å². The molecule has 8 nitrogen and oxygen atoms in total. The highest BCUT2D eigenvalue weighted by Gasteiger charge is 2.44. The zero-order valence-corrected chi connectivity index (χ0v) is 13.9. The Bertz CT molecular complexity index is 749. The number of hydrogen-bond acceptors (Lipinski definition) is 7. The van der Waals surface area contributed by atoms with Crippen molar-refractivity contribution in [2.24, 2.45) is 11.8 Å². The minimum Gasteiger partial charge on any atom is -0.469 e. The van der Waals surface area contributed by atoms with E-state index in [1.54, 1.807) is 0 Å². The van der Waals surface area contributed by atoms with Crippen LogP contribution in [-0.4, -0.2) is 54.2 Å². The van der Waals surface area contributed by atoms with Crippen molar-refractivity contribution in [2.75, 3.05) is 32.2 Å². The summed E-state index contributed by atoms with van der Waals surface area (Å²) < 4.78 is 9.70. The number of carbonyl (C=O) groups excluding carboxylic acids is 2. The van der Waals surface area contributed by atoms with E-state index in [2.05, 4.69) is 21.9 Å². The number of esters is 2. The molecular weight excluding hydrogens is 312 g/mol. The van der Waals surface area contributed by atoms with Gasteiger partial charge in [-0.05, 0) is 12.0 Å². The SMILES string of the molecule is CCc1c[nH]c2ncnc(N3CC(C(=O)OC)C(C(=O)OC)C3)c12. The van der Waals surface area contributed by atoms with Crippen LogP contribution in [0.15, 0.2) is 12.5 Å². The van der Waals surface area contributed by atoms with E-state index in [0.717, 1.165) is 28.8 Å². The van der Waals surface area contributed by atoms with E-state index in [1.807, 2.05) is 11.1 Å². The van der Waals surface area contributed by atoms with Crippen LogP contribution in [0.1, 0.15) is 12.5 Å². The summed E-state index contributed by atoms with van der Waals surface area (Å²) in [5.41, 5.74) is 1.84. The Morgan fingerprint density at radius 1 is 1.21 bits per heavy atom. The van der Waals surface area contributed by atoms with Gasteiger partial charge in [0.05, 0.1) is 31.4 Å². The Balaban J connectivity index is 2.00. The molecule has 128 valence electrons. The predicted molar refractivity (Wildman–Crippen MR) is 86.5 cm³/mol. The first-order valence-corrected chi connectivity index (χ1v) is 7.82. The molecule has 0 bridgehead atoms. The Morgan fingerprint density at radius 2 is 1.83 bits per heavy atom. The van der Waals surface area contributed by atoms with Crippen LogP contribution in [0, 0.1) is 11.8 Å². The largest absolute Gasteiger partial charge is 0.469 e. The summed E-state index contributed by atoms with van der Waals surface area (Å²) >= 11 is 0. The van der Waals surface area contributed by atoms with Gasteiger partial charge in [-0.3, -0.25) is 9.59 Å². The lowest BCUT2D eigenvalue weighted by molar-refractivity contribution is -0.155. The van der Waals surface area contributed by atoms with Gasteiger partial charge in [-0.25, -0.2) is 9.97 Å². The summed E-state index contributed by atoms with van der Waals surface area (Å²) in [6, 6.07) is 0. The van der Waals surface area contributed by atoms with E-state index in [9.17, 15) is 9.59 Å². The molecule has 0 spiro atoms. The fourth-order valence-electron chi connectivity index (χ4n) is 3.28. The number of rotatable bonds is 4. The zero-order valence-electron chi connectivity index (χ0n) is 13.9. The zero-order chi connectivity index (χ0) is 17.3. The van der Waals surface area contributed by atoms with Crippen LogP contribution in [0.3, 0.4) is 0 Å². The number of fused-ring (bicyclic) bond motifs is 1. The highest BCUT2D eigenvalue weighted by atomic mass is 16.5. The second-order valence-electron chi connectivity index (χ2n) is 5.75. The van der Waals surface area contributed by atoms with Gasteiger partial charge in [-0.15, -0.1) is 0 Å². The fourth-order valence-corrected chi connectivity index (χ4v) is 3.28. The Labute approximate surface area is 139 Å². The average molecular weight is 332 g/mol. The number of hydrogen-bond donors (Lipinski definition) is 1. The van der Waals surface area contributed by atoms with Gasteiger partial charge in [0.15, 0.2) is 0 Å². The third kappa shape index (κ3) is 2.57. The maximum atomic E-state index is 12.1. The van der Waals surface area contributed by atoms with Crippen molar-refractivity contribution in [3.8, 4) is 0 Å². The number of ether oxygens (including phenoxy) is 2. The number of nitrogens with zero attached hydrogens (tertiary/aromatic N) is 3. The van der Waals surface area contributed by atoms with Crippen LogP contribution in [0.2, 0.25) is 0 Å². The number of H-pyrrole nitrogens is 1. The van der Waals surface area contributed by atoms with Crippen molar-refractivity contribution < 1.29 is 19.1 Å². The number of nitrogens with one attached hydrogen (secondary N) is 1. The standard InChI is InChI=1S/C16H20N4O4/c1-4-9-5-17-13-12(9)14(19-8-18-13)20-6-10(15(21)23-2)11(7-20)16(22)24-3/h5,8,10-11H,4,6-7H2,1-3H3,(H,17,18,19). The number of aromatic amines is 1. The third-order valence-corrected chi connectivity index (χ3v) is 4.54. The van der Waals surface area contributed by atoms with Crippen molar-refractivity contribution in [2.45, 2.75) is 13.3 Å². The van der Waals surface area contributed by atoms with Gasteiger partial charge in [0.25, 0.3) is 0 Å². The van der Waals surface area contributed by atoms with Crippen LogP contribution >= 0.6 is 0 Å². The Kier molecular flexibility index (Phi) is 4.37. The smallest absolute Gasteiger partial charge is 0.311 e. The third-order valence-electron chi connectivity index (χ3n) is 4.54. The van der Waals surface area contributed by atoms with Crippen molar-refractivity contribution in [1.29, 1.82) is 0 Å². The molecule has 2 unspecified atom stereocenters. The molecule has 8 heteroatoms.